The minimum absolute atomic E-state index is 0.139. The van der Waals surface area contributed by atoms with E-state index in [1.165, 1.54) is 0 Å². The molecule has 1 amide bonds. The molecule has 146 valence electrons. The lowest BCUT2D eigenvalue weighted by molar-refractivity contribution is -0.116. The van der Waals surface area contributed by atoms with Crippen LogP contribution in [0.4, 0.5) is 11.6 Å². The van der Waals surface area contributed by atoms with Crippen LogP contribution in [-0.2, 0) is 17.8 Å². The fourth-order valence-corrected chi connectivity index (χ4v) is 2.58. The van der Waals surface area contributed by atoms with Crippen LogP contribution in [-0.4, -0.2) is 30.3 Å². The Hall–Kier alpha value is -3.55. The molecule has 2 N–H and O–H groups in total. The normalized spacial score (nSPS) is 10.4. The third-order valence-corrected chi connectivity index (χ3v) is 4.04. The Morgan fingerprint density at radius 1 is 1.04 bits per heavy atom. The lowest BCUT2D eigenvalue weighted by Gasteiger charge is -2.09. The summed E-state index contributed by atoms with van der Waals surface area (Å²) in [6.07, 6.45) is 2.50. The summed E-state index contributed by atoms with van der Waals surface area (Å²) in [7, 11) is 3.17. The summed E-state index contributed by atoms with van der Waals surface area (Å²) in [6, 6.07) is 12.7. The number of carbonyl (C=O) groups is 1. The molecule has 0 aliphatic rings. The molecule has 8 heteroatoms. The molecule has 0 bridgehead atoms. The van der Waals surface area contributed by atoms with Gasteiger partial charge in [0.15, 0.2) is 17.3 Å². The van der Waals surface area contributed by atoms with Gasteiger partial charge in [-0.05, 0) is 48.4 Å². The zero-order valence-corrected chi connectivity index (χ0v) is 15.8. The molecule has 0 saturated heterocycles. The number of ether oxygens (including phenoxy) is 2. The van der Waals surface area contributed by atoms with Crippen molar-refractivity contribution < 1.29 is 18.7 Å². The van der Waals surface area contributed by atoms with Crippen molar-refractivity contribution >= 4 is 17.5 Å². The summed E-state index contributed by atoms with van der Waals surface area (Å²) in [6.45, 7) is 0.513. The van der Waals surface area contributed by atoms with Crippen LogP contribution in [0, 0.1) is 0 Å². The molecule has 0 saturated carbocycles. The first-order chi connectivity index (χ1) is 13.7. The van der Waals surface area contributed by atoms with Crippen LogP contribution >= 0.6 is 0 Å². The summed E-state index contributed by atoms with van der Waals surface area (Å²) in [5.74, 6) is 2.96. The Morgan fingerprint density at radius 2 is 1.82 bits per heavy atom. The SMILES string of the molecule is COc1ccc(CCC(=O)Nc2ccc(NCc3ccco3)nn2)cc1OC. The zero-order chi connectivity index (χ0) is 19.8. The van der Waals surface area contributed by atoms with Gasteiger partial charge in [0.2, 0.25) is 5.91 Å². The van der Waals surface area contributed by atoms with Gasteiger partial charge >= 0.3 is 0 Å². The Bertz CT molecular complexity index is 895. The van der Waals surface area contributed by atoms with E-state index >= 15 is 0 Å². The maximum absolute atomic E-state index is 12.2. The van der Waals surface area contributed by atoms with Gasteiger partial charge in [-0.1, -0.05) is 6.07 Å². The highest BCUT2D eigenvalue weighted by molar-refractivity contribution is 5.89. The molecule has 0 aliphatic heterocycles. The molecule has 0 aliphatic carbocycles. The number of nitrogens with zero attached hydrogens (tertiary/aromatic N) is 2. The van der Waals surface area contributed by atoms with E-state index in [0.29, 0.717) is 42.5 Å². The standard InChI is InChI=1S/C20H22N4O4/c1-26-16-7-5-14(12-17(16)27-2)6-10-20(25)22-19-9-8-18(23-24-19)21-13-15-4-3-11-28-15/h3-5,7-9,11-12H,6,10,13H2,1-2H3,(H,21,23)(H,22,24,25). The Kier molecular flexibility index (Phi) is 6.46. The smallest absolute Gasteiger partial charge is 0.225 e. The molecule has 0 atom stereocenters. The van der Waals surface area contributed by atoms with Crippen molar-refractivity contribution in [2.75, 3.05) is 24.9 Å². The lowest BCUT2D eigenvalue weighted by Crippen LogP contribution is -2.14. The van der Waals surface area contributed by atoms with Crippen molar-refractivity contribution in [2.24, 2.45) is 0 Å². The fourth-order valence-electron chi connectivity index (χ4n) is 2.58. The van der Waals surface area contributed by atoms with E-state index in [0.717, 1.165) is 11.3 Å². The maximum Gasteiger partial charge on any atom is 0.225 e. The van der Waals surface area contributed by atoms with Crippen molar-refractivity contribution in [3.8, 4) is 11.5 Å². The summed E-state index contributed by atoms with van der Waals surface area (Å²) in [5, 5.41) is 13.9. The third-order valence-electron chi connectivity index (χ3n) is 4.04. The summed E-state index contributed by atoms with van der Waals surface area (Å²) in [4.78, 5) is 12.2. The van der Waals surface area contributed by atoms with Crippen LogP contribution in [0.25, 0.3) is 0 Å². The van der Waals surface area contributed by atoms with Gasteiger partial charge in [0.05, 0.1) is 27.0 Å². The number of aryl methyl sites for hydroxylation is 1. The summed E-state index contributed by atoms with van der Waals surface area (Å²) >= 11 is 0. The topological polar surface area (TPSA) is 98.5 Å². The third kappa shape index (κ3) is 5.23. The van der Waals surface area contributed by atoms with Gasteiger partial charge in [0.25, 0.3) is 0 Å². The van der Waals surface area contributed by atoms with Gasteiger partial charge in [-0.25, -0.2) is 0 Å². The number of furan rings is 1. The minimum atomic E-state index is -0.139. The lowest BCUT2D eigenvalue weighted by atomic mass is 10.1. The zero-order valence-electron chi connectivity index (χ0n) is 15.8. The largest absolute Gasteiger partial charge is 0.493 e. The number of nitrogens with one attached hydrogen (secondary N) is 2. The van der Waals surface area contributed by atoms with Crippen LogP contribution in [0.5, 0.6) is 11.5 Å². The van der Waals surface area contributed by atoms with Crippen LogP contribution in [0.1, 0.15) is 17.7 Å². The molecule has 3 aromatic rings. The summed E-state index contributed by atoms with van der Waals surface area (Å²) < 4.78 is 15.7. The fraction of sp³-hybridized carbons (Fsp3) is 0.250. The van der Waals surface area contributed by atoms with E-state index in [9.17, 15) is 4.79 Å². The Balaban J connectivity index is 1.48. The van der Waals surface area contributed by atoms with Crippen molar-refractivity contribution in [1.82, 2.24) is 10.2 Å². The molecule has 2 aromatic heterocycles. The molecule has 0 unspecified atom stereocenters. The molecule has 3 rings (SSSR count). The number of carbonyl (C=O) groups excluding carboxylic acids is 1. The van der Waals surface area contributed by atoms with Gasteiger partial charge in [-0.3, -0.25) is 4.79 Å². The number of amides is 1. The number of anilines is 2. The molecular weight excluding hydrogens is 360 g/mol. The van der Waals surface area contributed by atoms with Crippen LogP contribution < -0.4 is 20.1 Å². The predicted molar refractivity (Wildman–Crippen MR) is 105 cm³/mol. The second kappa shape index (κ2) is 9.40. The first-order valence-electron chi connectivity index (χ1n) is 8.78. The van der Waals surface area contributed by atoms with Crippen LogP contribution in [0.2, 0.25) is 0 Å². The van der Waals surface area contributed by atoms with Crippen molar-refractivity contribution in [3.63, 3.8) is 0 Å². The first kappa shape index (κ1) is 19.2. The van der Waals surface area contributed by atoms with Crippen molar-refractivity contribution in [2.45, 2.75) is 19.4 Å². The highest BCUT2D eigenvalue weighted by atomic mass is 16.5. The average Bonchev–Trinajstić information content (AvgIpc) is 3.25. The van der Waals surface area contributed by atoms with E-state index in [4.69, 9.17) is 13.9 Å². The number of hydrogen-bond donors (Lipinski definition) is 2. The van der Waals surface area contributed by atoms with Crippen molar-refractivity contribution in [3.05, 3.63) is 60.1 Å². The highest BCUT2D eigenvalue weighted by Gasteiger charge is 2.08. The van der Waals surface area contributed by atoms with Gasteiger partial charge in [0, 0.05) is 6.42 Å². The number of aromatic nitrogens is 2. The first-order valence-corrected chi connectivity index (χ1v) is 8.78. The molecule has 1 aromatic carbocycles. The number of hydrogen-bond acceptors (Lipinski definition) is 7. The van der Waals surface area contributed by atoms with Gasteiger partial charge in [-0.2, -0.15) is 0 Å². The second-order valence-corrected chi connectivity index (χ2v) is 5.97. The number of methoxy groups -OCH3 is 2. The van der Waals surface area contributed by atoms with Gasteiger partial charge in [0.1, 0.15) is 11.6 Å². The van der Waals surface area contributed by atoms with E-state index in [1.807, 2.05) is 30.3 Å². The molecule has 0 radical (unpaired) electrons. The van der Waals surface area contributed by atoms with Crippen molar-refractivity contribution in [1.29, 1.82) is 0 Å². The Morgan fingerprint density at radius 3 is 2.50 bits per heavy atom. The highest BCUT2D eigenvalue weighted by Crippen LogP contribution is 2.28. The molecule has 8 nitrogen and oxygen atoms in total. The quantitative estimate of drug-likeness (QED) is 0.586. The van der Waals surface area contributed by atoms with E-state index in [2.05, 4.69) is 20.8 Å². The molecule has 0 fully saturated rings. The summed E-state index contributed by atoms with van der Waals surface area (Å²) in [5.41, 5.74) is 0.983. The van der Waals surface area contributed by atoms with E-state index in [-0.39, 0.29) is 5.91 Å². The molecule has 28 heavy (non-hydrogen) atoms. The molecule has 2 heterocycles. The van der Waals surface area contributed by atoms with E-state index in [1.54, 1.807) is 32.6 Å². The minimum Gasteiger partial charge on any atom is -0.493 e. The second-order valence-electron chi connectivity index (χ2n) is 5.97. The van der Waals surface area contributed by atoms with Crippen LogP contribution in [0.15, 0.2) is 53.1 Å². The molecular formula is C20H22N4O4. The van der Waals surface area contributed by atoms with E-state index < -0.39 is 0 Å². The van der Waals surface area contributed by atoms with Gasteiger partial charge < -0.3 is 24.5 Å². The number of benzene rings is 1. The predicted octanol–water partition coefficient (Wildman–Crippen LogP) is 3.27. The average molecular weight is 382 g/mol. The Labute approximate surface area is 162 Å². The van der Waals surface area contributed by atoms with Crippen LogP contribution in [0.3, 0.4) is 0 Å². The maximum atomic E-state index is 12.2. The monoisotopic (exact) mass is 382 g/mol. The molecule has 0 spiro atoms. The number of rotatable bonds is 9. The van der Waals surface area contributed by atoms with Gasteiger partial charge in [-0.15, -0.1) is 10.2 Å².